The van der Waals surface area contributed by atoms with Gasteiger partial charge in [0.2, 0.25) is 0 Å². The summed E-state index contributed by atoms with van der Waals surface area (Å²) in [6, 6.07) is 7.61. The molecule has 0 saturated carbocycles. The number of rotatable bonds is 4. The Morgan fingerprint density at radius 3 is 2.68 bits per heavy atom. The van der Waals surface area contributed by atoms with E-state index >= 15 is 0 Å². The van der Waals surface area contributed by atoms with E-state index in [2.05, 4.69) is 11.9 Å². The van der Waals surface area contributed by atoms with Crippen LogP contribution in [0.5, 0.6) is 5.75 Å². The number of aryl methyl sites for hydroxylation is 2. The molecule has 1 unspecified atom stereocenters. The molecular weight excluding hydrogens is 238 g/mol. The third-order valence-electron chi connectivity index (χ3n) is 3.39. The van der Waals surface area contributed by atoms with Crippen LogP contribution in [0.3, 0.4) is 0 Å². The largest absolute Gasteiger partial charge is 0.497 e. The van der Waals surface area contributed by atoms with Crippen LogP contribution in [0.2, 0.25) is 0 Å². The zero-order valence-corrected chi connectivity index (χ0v) is 11.6. The number of aliphatic hydroxyl groups is 1. The Bertz CT molecular complexity index is 566. The molecule has 0 amide bonds. The lowest BCUT2D eigenvalue weighted by atomic mass is 9.94. The van der Waals surface area contributed by atoms with Gasteiger partial charge < -0.3 is 9.84 Å². The number of aliphatic hydroxyl groups excluding tert-OH is 1. The molecule has 0 fully saturated rings. The minimum absolute atomic E-state index is 0.621. The minimum Gasteiger partial charge on any atom is -0.497 e. The summed E-state index contributed by atoms with van der Waals surface area (Å²) >= 11 is 0. The summed E-state index contributed by atoms with van der Waals surface area (Å²) in [7, 11) is 1.64. The fourth-order valence-electron chi connectivity index (χ4n) is 2.25. The molecular formula is C16H19NO2. The molecule has 1 N–H and O–H groups in total. The molecule has 1 heterocycles. The van der Waals surface area contributed by atoms with Gasteiger partial charge in [0.05, 0.1) is 7.11 Å². The highest BCUT2D eigenvalue weighted by Crippen LogP contribution is 2.29. The van der Waals surface area contributed by atoms with Crippen LogP contribution >= 0.6 is 0 Å². The summed E-state index contributed by atoms with van der Waals surface area (Å²) in [6.07, 6.45) is 3.77. The van der Waals surface area contributed by atoms with Gasteiger partial charge in [0, 0.05) is 12.4 Å². The average Bonchev–Trinajstić information content (AvgIpc) is 2.46. The Morgan fingerprint density at radius 1 is 1.26 bits per heavy atom. The third-order valence-corrected chi connectivity index (χ3v) is 3.39. The predicted octanol–water partition coefficient (Wildman–Crippen LogP) is 3.04. The molecule has 0 bridgehead atoms. The van der Waals surface area contributed by atoms with Crippen LogP contribution in [0.4, 0.5) is 0 Å². The molecule has 0 spiro atoms. The Kier molecular flexibility index (Phi) is 4.17. The van der Waals surface area contributed by atoms with Gasteiger partial charge in [-0.05, 0) is 53.8 Å². The van der Waals surface area contributed by atoms with Gasteiger partial charge in [0.15, 0.2) is 0 Å². The number of aromatic nitrogens is 1. The van der Waals surface area contributed by atoms with E-state index in [0.717, 1.165) is 34.4 Å². The fourth-order valence-corrected chi connectivity index (χ4v) is 2.25. The van der Waals surface area contributed by atoms with E-state index in [4.69, 9.17) is 4.74 Å². The minimum atomic E-state index is -0.621. The first-order valence-corrected chi connectivity index (χ1v) is 6.42. The molecule has 0 aliphatic carbocycles. The van der Waals surface area contributed by atoms with Gasteiger partial charge >= 0.3 is 0 Å². The zero-order valence-electron chi connectivity index (χ0n) is 11.6. The maximum atomic E-state index is 10.6. The standard InChI is InChI=1S/C16H19NO2/c1-4-12-10-17-8-7-15(12)16(18)14-6-5-13(19-3)9-11(14)2/h5-10,16,18H,4H2,1-3H3. The summed E-state index contributed by atoms with van der Waals surface area (Å²) < 4.78 is 5.19. The van der Waals surface area contributed by atoms with Crippen molar-refractivity contribution in [2.24, 2.45) is 0 Å². The van der Waals surface area contributed by atoms with Crippen molar-refractivity contribution in [3.63, 3.8) is 0 Å². The molecule has 3 nitrogen and oxygen atoms in total. The molecule has 0 saturated heterocycles. The highest BCUT2D eigenvalue weighted by molar-refractivity contribution is 5.41. The van der Waals surface area contributed by atoms with Crippen LogP contribution < -0.4 is 4.74 Å². The second kappa shape index (κ2) is 5.85. The van der Waals surface area contributed by atoms with E-state index in [1.54, 1.807) is 13.3 Å². The van der Waals surface area contributed by atoms with Gasteiger partial charge in [0.25, 0.3) is 0 Å². The Hall–Kier alpha value is -1.87. The monoisotopic (exact) mass is 257 g/mol. The molecule has 19 heavy (non-hydrogen) atoms. The summed E-state index contributed by atoms with van der Waals surface area (Å²) in [6.45, 7) is 4.04. The molecule has 3 heteroatoms. The van der Waals surface area contributed by atoms with Crippen molar-refractivity contribution in [3.05, 3.63) is 58.9 Å². The van der Waals surface area contributed by atoms with Gasteiger partial charge in [-0.25, -0.2) is 0 Å². The van der Waals surface area contributed by atoms with Crippen LogP contribution in [-0.4, -0.2) is 17.2 Å². The highest BCUT2D eigenvalue weighted by Gasteiger charge is 2.16. The first kappa shape index (κ1) is 13.6. The van der Waals surface area contributed by atoms with E-state index in [1.165, 1.54) is 0 Å². The molecule has 2 rings (SSSR count). The van der Waals surface area contributed by atoms with Crippen LogP contribution in [0.1, 0.15) is 35.3 Å². The van der Waals surface area contributed by atoms with E-state index in [1.807, 2.05) is 37.4 Å². The number of methoxy groups -OCH3 is 1. The summed E-state index contributed by atoms with van der Waals surface area (Å²) in [5.41, 5.74) is 3.92. The second-order valence-electron chi connectivity index (χ2n) is 4.55. The molecule has 1 atom stereocenters. The smallest absolute Gasteiger partial charge is 0.119 e. The van der Waals surface area contributed by atoms with E-state index in [-0.39, 0.29) is 0 Å². The number of nitrogens with zero attached hydrogens (tertiary/aromatic N) is 1. The number of hydrogen-bond acceptors (Lipinski definition) is 3. The molecule has 0 aliphatic rings. The van der Waals surface area contributed by atoms with Crippen molar-refractivity contribution >= 4 is 0 Å². The van der Waals surface area contributed by atoms with Gasteiger partial charge in [-0.15, -0.1) is 0 Å². The Balaban J connectivity index is 2.41. The number of ether oxygens (including phenoxy) is 1. The van der Waals surface area contributed by atoms with Gasteiger partial charge in [-0.3, -0.25) is 4.98 Å². The lowest BCUT2D eigenvalue weighted by Gasteiger charge is -2.17. The van der Waals surface area contributed by atoms with E-state index < -0.39 is 6.10 Å². The first-order valence-electron chi connectivity index (χ1n) is 6.42. The van der Waals surface area contributed by atoms with Crippen LogP contribution in [0, 0.1) is 6.92 Å². The number of hydrogen-bond donors (Lipinski definition) is 1. The van der Waals surface area contributed by atoms with Gasteiger partial charge in [0.1, 0.15) is 11.9 Å². The van der Waals surface area contributed by atoms with Gasteiger partial charge in [-0.2, -0.15) is 0 Å². The van der Waals surface area contributed by atoms with Crippen molar-refractivity contribution in [2.45, 2.75) is 26.4 Å². The number of benzene rings is 1. The van der Waals surface area contributed by atoms with Crippen molar-refractivity contribution in [3.8, 4) is 5.75 Å². The average molecular weight is 257 g/mol. The summed E-state index contributed by atoms with van der Waals surface area (Å²) in [4.78, 5) is 4.11. The molecule has 1 aromatic carbocycles. The molecule has 1 aromatic heterocycles. The third kappa shape index (κ3) is 2.76. The van der Waals surface area contributed by atoms with E-state index in [0.29, 0.717) is 0 Å². The summed E-state index contributed by atoms with van der Waals surface area (Å²) in [5, 5.41) is 10.6. The van der Waals surface area contributed by atoms with Crippen LogP contribution in [0.15, 0.2) is 36.7 Å². The van der Waals surface area contributed by atoms with Gasteiger partial charge in [-0.1, -0.05) is 13.0 Å². The number of pyridine rings is 1. The first-order chi connectivity index (χ1) is 9.17. The maximum Gasteiger partial charge on any atom is 0.119 e. The SMILES string of the molecule is CCc1cnccc1C(O)c1ccc(OC)cc1C. The quantitative estimate of drug-likeness (QED) is 0.915. The van der Waals surface area contributed by atoms with E-state index in [9.17, 15) is 5.11 Å². The lowest BCUT2D eigenvalue weighted by Crippen LogP contribution is -2.06. The maximum absolute atomic E-state index is 10.6. The molecule has 100 valence electrons. The lowest BCUT2D eigenvalue weighted by molar-refractivity contribution is 0.218. The molecule has 2 aromatic rings. The zero-order chi connectivity index (χ0) is 13.8. The van der Waals surface area contributed by atoms with Crippen molar-refractivity contribution < 1.29 is 9.84 Å². The fraction of sp³-hybridized carbons (Fsp3) is 0.312. The topological polar surface area (TPSA) is 42.4 Å². The van der Waals surface area contributed by atoms with Crippen molar-refractivity contribution in [2.75, 3.05) is 7.11 Å². The van der Waals surface area contributed by atoms with Crippen molar-refractivity contribution in [1.82, 2.24) is 4.98 Å². The predicted molar refractivity (Wildman–Crippen MR) is 75.4 cm³/mol. The Morgan fingerprint density at radius 2 is 2.05 bits per heavy atom. The van der Waals surface area contributed by atoms with Crippen LogP contribution in [0.25, 0.3) is 0 Å². The van der Waals surface area contributed by atoms with Crippen LogP contribution in [-0.2, 0) is 6.42 Å². The normalized spacial score (nSPS) is 12.2. The molecule has 0 aliphatic heterocycles. The highest BCUT2D eigenvalue weighted by atomic mass is 16.5. The summed E-state index contributed by atoms with van der Waals surface area (Å²) in [5.74, 6) is 0.805. The van der Waals surface area contributed by atoms with Crippen molar-refractivity contribution in [1.29, 1.82) is 0 Å². The second-order valence-corrected chi connectivity index (χ2v) is 4.55. The Labute approximate surface area is 113 Å². The molecule has 0 radical (unpaired) electrons.